The Morgan fingerprint density at radius 2 is 2.15 bits per heavy atom. The highest BCUT2D eigenvalue weighted by Gasteiger charge is 2.17. The van der Waals surface area contributed by atoms with Gasteiger partial charge < -0.3 is 24.8 Å². The molecule has 1 saturated heterocycles. The number of morpholine rings is 1. The van der Waals surface area contributed by atoms with Crippen LogP contribution in [0.4, 0.5) is 0 Å². The van der Waals surface area contributed by atoms with E-state index in [1.54, 1.807) is 7.05 Å². The Bertz CT molecular complexity index is 404. The van der Waals surface area contributed by atoms with Gasteiger partial charge in [-0.3, -0.25) is 4.99 Å². The van der Waals surface area contributed by atoms with E-state index in [2.05, 4.69) is 44.5 Å². The van der Waals surface area contributed by atoms with E-state index in [4.69, 9.17) is 4.74 Å². The van der Waals surface area contributed by atoms with Crippen LogP contribution in [0.3, 0.4) is 0 Å². The summed E-state index contributed by atoms with van der Waals surface area (Å²) >= 11 is 0. The summed E-state index contributed by atoms with van der Waals surface area (Å²) in [6, 6.07) is 4.06. The Morgan fingerprint density at radius 3 is 2.85 bits per heavy atom. The van der Waals surface area contributed by atoms with E-state index in [-0.39, 0.29) is 6.10 Å². The fourth-order valence-corrected chi connectivity index (χ4v) is 2.24. The molecule has 1 aromatic heterocycles. The van der Waals surface area contributed by atoms with Crippen molar-refractivity contribution in [2.24, 2.45) is 4.99 Å². The van der Waals surface area contributed by atoms with Gasteiger partial charge in [-0.2, -0.15) is 0 Å². The minimum Gasteiger partial charge on any atom is -0.374 e. The Morgan fingerprint density at radius 1 is 1.35 bits per heavy atom. The summed E-state index contributed by atoms with van der Waals surface area (Å²) in [5.41, 5.74) is 0. The van der Waals surface area contributed by atoms with E-state index in [1.807, 2.05) is 12.1 Å². The Hall–Kier alpha value is -1.53. The molecule has 20 heavy (non-hydrogen) atoms. The zero-order chi connectivity index (χ0) is 14.2. The molecule has 2 N–H and O–H groups in total. The Kier molecular flexibility index (Phi) is 5.88. The van der Waals surface area contributed by atoms with Crippen molar-refractivity contribution in [3.05, 3.63) is 24.5 Å². The summed E-state index contributed by atoms with van der Waals surface area (Å²) in [7, 11) is 3.92. The third-order valence-electron chi connectivity index (χ3n) is 3.39. The average molecular weight is 279 g/mol. The van der Waals surface area contributed by atoms with Gasteiger partial charge in [-0.25, -0.2) is 0 Å². The monoisotopic (exact) mass is 279 g/mol. The summed E-state index contributed by atoms with van der Waals surface area (Å²) in [5, 5.41) is 6.63. The van der Waals surface area contributed by atoms with Crippen molar-refractivity contribution in [2.75, 3.05) is 46.9 Å². The molecule has 6 heteroatoms. The largest absolute Gasteiger partial charge is 0.374 e. The quantitative estimate of drug-likeness (QED) is 0.588. The van der Waals surface area contributed by atoms with Crippen LogP contribution in [0.15, 0.2) is 29.5 Å². The third kappa shape index (κ3) is 4.86. The molecule has 1 aliphatic heterocycles. The second-order valence-corrected chi connectivity index (χ2v) is 5.06. The molecule has 2 rings (SSSR count). The van der Waals surface area contributed by atoms with Gasteiger partial charge >= 0.3 is 0 Å². The minimum absolute atomic E-state index is 0.233. The number of rotatable bonds is 5. The number of hydrogen-bond acceptors (Lipinski definition) is 3. The van der Waals surface area contributed by atoms with Gasteiger partial charge in [0.25, 0.3) is 0 Å². The maximum absolute atomic E-state index is 5.72. The molecule has 0 saturated carbocycles. The maximum Gasteiger partial charge on any atom is 0.191 e. The first-order valence-electron chi connectivity index (χ1n) is 7.13. The van der Waals surface area contributed by atoms with Crippen molar-refractivity contribution in [2.45, 2.75) is 12.6 Å². The van der Waals surface area contributed by atoms with E-state index in [0.717, 1.165) is 45.3 Å². The lowest BCUT2D eigenvalue weighted by Crippen LogP contribution is -2.48. The number of likely N-dealkylation sites (N-methyl/N-ethyl adjacent to an activating group) is 1. The standard InChI is InChI=1S/C14H25N5O/c1-15-14(16-5-8-19-6-3-4-7-19)17-11-13-12-18(2)9-10-20-13/h3-4,6-7,13H,5,8-12H2,1-2H3,(H2,15,16,17). The second kappa shape index (κ2) is 7.91. The minimum atomic E-state index is 0.233. The van der Waals surface area contributed by atoms with Gasteiger partial charge in [-0.1, -0.05) is 0 Å². The van der Waals surface area contributed by atoms with Gasteiger partial charge in [-0.05, 0) is 19.2 Å². The van der Waals surface area contributed by atoms with Crippen LogP contribution < -0.4 is 10.6 Å². The average Bonchev–Trinajstić information content (AvgIpc) is 2.96. The fraction of sp³-hybridized carbons (Fsp3) is 0.643. The van der Waals surface area contributed by atoms with Crippen LogP contribution in [0.5, 0.6) is 0 Å². The Labute approximate surface area is 120 Å². The third-order valence-corrected chi connectivity index (χ3v) is 3.39. The van der Waals surface area contributed by atoms with Crippen molar-refractivity contribution in [3.8, 4) is 0 Å². The topological polar surface area (TPSA) is 53.8 Å². The van der Waals surface area contributed by atoms with Crippen LogP contribution in [0.2, 0.25) is 0 Å². The number of hydrogen-bond donors (Lipinski definition) is 2. The summed E-state index contributed by atoms with van der Waals surface area (Å²) in [5.74, 6) is 0.828. The molecule has 1 fully saturated rings. The number of guanidine groups is 1. The van der Waals surface area contributed by atoms with Gasteiger partial charge in [-0.15, -0.1) is 0 Å². The van der Waals surface area contributed by atoms with Crippen LogP contribution in [-0.4, -0.2) is 68.4 Å². The SMILES string of the molecule is CN=C(NCCn1cccc1)NCC1CN(C)CCO1. The molecule has 6 nitrogen and oxygen atoms in total. The number of aliphatic imine (C=N–C) groups is 1. The molecule has 0 radical (unpaired) electrons. The van der Waals surface area contributed by atoms with E-state index >= 15 is 0 Å². The summed E-state index contributed by atoms with van der Waals surface area (Å²) < 4.78 is 7.85. The summed E-state index contributed by atoms with van der Waals surface area (Å²) in [4.78, 5) is 6.52. The van der Waals surface area contributed by atoms with Crippen molar-refractivity contribution >= 4 is 5.96 Å². The van der Waals surface area contributed by atoms with Crippen molar-refractivity contribution in [1.29, 1.82) is 0 Å². The normalized spacial score (nSPS) is 20.9. The summed E-state index contributed by atoms with van der Waals surface area (Å²) in [6.07, 6.45) is 4.35. The lowest BCUT2D eigenvalue weighted by atomic mass is 10.3. The zero-order valence-electron chi connectivity index (χ0n) is 12.4. The van der Waals surface area contributed by atoms with E-state index < -0.39 is 0 Å². The highest BCUT2D eigenvalue weighted by Crippen LogP contribution is 2.01. The molecule has 0 bridgehead atoms. The molecule has 0 aromatic carbocycles. The van der Waals surface area contributed by atoms with Crippen molar-refractivity contribution in [1.82, 2.24) is 20.1 Å². The molecule has 112 valence electrons. The lowest BCUT2D eigenvalue weighted by Gasteiger charge is -2.30. The first kappa shape index (κ1) is 14.9. The fourth-order valence-electron chi connectivity index (χ4n) is 2.24. The highest BCUT2D eigenvalue weighted by atomic mass is 16.5. The van der Waals surface area contributed by atoms with E-state index in [9.17, 15) is 0 Å². The van der Waals surface area contributed by atoms with Crippen molar-refractivity contribution < 1.29 is 4.74 Å². The lowest BCUT2D eigenvalue weighted by molar-refractivity contribution is -0.0161. The molecule has 1 atom stereocenters. The van der Waals surface area contributed by atoms with Gasteiger partial charge in [0.15, 0.2) is 5.96 Å². The van der Waals surface area contributed by atoms with Crippen LogP contribution in [-0.2, 0) is 11.3 Å². The van der Waals surface area contributed by atoms with Gasteiger partial charge in [0, 0.05) is 52.2 Å². The molecular formula is C14H25N5O. The Balaban J connectivity index is 1.64. The van der Waals surface area contributed by atoms with Crippen LogP contribution in [0.25, 0.3) is 0 Å². The molecular weight excluding hydrogens is 254 g/mol. The number of nitrogens with zero attached hydrogens (tertiary/aromatic N) is 3. The molecule has 0 spiro atoms. The van der Waals surface area contributed by atoms with E-state index in [0.29, 0.717) is 0 Å². The predicted octanol–water partition coefficient (Wildman–Crippen LogP) is -0.0163. The van der Waals surface area contributed by atoms with Crippen molar-refractivity contribution in [3.63, 3.8) is 0 Å². The highest BCUT2D eigenvalue weighted by molar-refractivity contribution is 5.79. The van der Waals surface area contributed by atoms with Gasteiger partial charge in [0.05, 0.1) is 12.7 Å². The first-order valence-corrected chi connectivity index (χ1v) is 7.13. The number of aromatic nitrogens is 1. The van der Waals surface area contributed by atoms with E-state index in [1.165, 1.54) is 0 Å². The van der Waals surface area contributed by atoms with Crippen LogP contribution in [0, 0.1) is 0 Å². The zero-order valence-corrected chi connectivity index (χ0v) is 12.4. The molecule has 2 heterocycles. The smallest absolute Gasteiger partial charge is 0.191 e. The summed E-state index contributed by atoms with van der Waals surface area (Å²) in [6.45, 7) is 5.35. The maximum atomic E-state index is 5.72. The molecule has 0 aliphatic carbocycles. The molecule has 1 aliphatic rings. The molecule has 1 aromatic rings. The second-order valence-electron chi connectivity index (χ2n) is 5.06. The number of nitrogens with one attached hydrogen (secondary N) is 2. The predicted molar refractivity (Wildman–Crippen MR) is 81.0 cm³/mol. The first-order chi connectivity index (χ1) is 9.78. The van der Waals surface area contributed by atoms with Gasteiger partial charge in [0.2, 0.25) is 0 Å². The van der Waals surface area contributed by atoms with Gasteiger partial charge in [0.1, 0.15) is 0 Å². The molecule has 0 amide bonds. The molecule has 1 unspecified atom stereocenters. The van der Waals surface area contributed by atoms with Crippen LogP contribution in [0.1, 0.15) is 0 Å². The van der Waals surface area contributed by atoms with Crippen LogP contribution >= 0.6 is 0 Å². The number of ether oxygens (including phenoxy) is 1.